The van der Waals surface area contributed by atoms with Crippen molar-refractivity contribution in [2.75, 3.05) is 18.6 Å². The standard InChI is InChI=1S/C28H33N3OSi/c1-30(24-13-9-6-10-14-24)25-16-17-26-27(18-15-23-11-7-5-8-12-23)29-31(28(26)21-25)22-32-19-20-33(2,3)4/h5-18,21H,19-20,22H2,1-4H3/b18-15+. The molecular formula is C28H33N3OSi. The zero-order valence-electron chi connectivity index (χ0n) is 20.0. The van der Waals surface area contributed by atoms with Gasteiger partial charge in [0.25, 0.3) is 0 Å². The molecule has 0 spiro atoms. The molecule has 0 aliphatic rings. The van der Waals surface area contributed by atoms with Gasteiger partial charge in [0.15, 0.2) is 0 Å². The second-order valence-electron chi connectivity index (χ2n) is 9.57. The van der Waals surface area contributed by atoms with Gasteiger partial charge in [-0.15, -0.1) is 0 Å². The minimum atomic E-state index is -1.13. The van der Waals surface area contributed by atoms with E-state index >= 15 is 0 Å². The maximum absolute atomic E-state index is 6.06. The lowest BCUT2D eigenvalue weighted by atomic mass is 10.1. The topological polar surface area (TPSA) is 30.3 Å². The Balaban J connectivity index is 1.65. The molecule has 3 aromatic carbocycles. The second-order valence-corrected chi connectivity index (χ2v) is 15.2. The van der Waals surface area contributed by atoms with E-state index in [0.717, 1.165) is 46.2 Å². The molecule has 170 valence electrons. The molecule has 5 heteroatoms. The van der Waals surface area contributed by atoms with Crippen molar-refractivity contribution in [3.8, 4) is 0 Å². The van der Waals surface area contributed by atoms with Gasteiger partial charge in [-0.1, -0.05) is 74.2 Å². The van der Waals surface area contributed by atoms with E-state index in [9.17, 15) is 0 Å². The zero-order valence-corrected chi connectivity index (χ0v) is 21.0. The van der Waals surface area contributed by atoms with Crippen molar-refractivity contribution >= 4 is 42.5 Å². The highest BCUT2D eigenvalue weighted by Crippen LogP contribution is 2.29. The Labute approximate surface area is 198 Å². The number of hydrogen-bond acceptors (Lipinski definition) is 3. The second kappa shape index (κ2) is 10.2. The van der Waals surface area contributed by atoms with Crippen LogP contribution in [0.3, 0.4) is 0 Å². The molecule has 0 bridgehead atoms. The van der Waals surface area contributed by atoms with Crippen molar-refractivity contribution in [2.24, 2.45) is 0 Å². The van der Waals surface area contributed by atoms with Crippen LogP contribution < -0.4 is 4.90 Å². The van der Waals surface area contributed by atoms with Gasteiger partial charge in [-0.05, 0) is 48.0 Å². The fourth-order valence-corrected chi connectivity index (χ4v) is 4.44. The summed E-state index contributed by atoms with van der Waals surface area (Å²) in [5.74, 6) is 0. The summed E-state index contributed by atoms with van der Waals surface area (Å²) in [6, 6.07) is 28.4. The smallest absolute Gasteiger partial charge is 0.140 e. The Morgan fingerprint density at radius 1 is 0.879 bits per heavy atom. The maximum atomic E-state index is 6.06. The summed E-state index contributed by atoms with van der Waals surface area (Å²) in [6.07, 6.45) is 4.21. The minimum absolute atomic E-state index is 0.457. The Hall–Kier alpha value is -3.15. The number of aromatic nitrogens is 2. The molecule has 4 aromatic rings. The molecule has 0 fully saturated rings. The first-order chi connectivity index (χ1) is 15.9. The van der Waals surface area contributed by atoms with Gasteiger partial charge in [0.2, 0.25) is 0 Å². The lowest BCUT2D eigenvalue weighted by Gasteiger charge is -2.20. The van der Waals surface area contributed by atoms with Gasteiger partial charge in [-0.2, -0.15) is 5.10 Å². The third kappa shape index (κ3) is 6.00. The average molecular weight is 456 g/mol. The van der Waals surface area contributed by atoms with Gasteiger partial charge in [-0.25, -0.2) is 4.68 Å². The predicted molar refractivity (Wildman–Crippen MR) is 144 cm³/mol. The first-order valence-corrected chi connectivity index (χ1v) is 15.2. The molecule has 0 atom stereocenters. The molecule has 1 heterocycles. The van der Waals surface area contributed by atoms with Crippen LogP contribution in [0.2, 0.25) is 25.7 Å². The van der Waals surface area contributed by atoms with E-state index in [1.165, 1.54) is 0 Å². The van der Waals surface area contributed by atoms with Crippen LogP contribution in [-0.4, -0.2) is 31.5 Å². The van der Waals surface area contributed by atoms with E-state index < -0.39 is 8.07 Å². The van der Waals surface area contributed by atoms with Crippen molar-refractivity contribution in [1.29, 1.82) is 0 Å². The molecule has 33 heavy (non-hydrogen) atoms. The van der Waals surface area contributed by atoms with Crippen molar-refractivity contribution < 1.29 is 4.74 Å². The molecule has 0 radical (unpaired) electrons. The monoisotopic (exact) mass is 455 g/mol. The Morgan fingerprint density at radius 2 is 1.58 bits per heavy atom. The van der Waals surface area contributed by atoms with E-state index in [4.69, 9.17) is 9.84 Å². The molecule has 0 aliphatic carbocycles. The average Bonchev–Trinajstić information content (AvgIpc) is 3.17. The van der Waals surface area contributed by atoms with E-state index in [2.05, 4.69) is 110 Å². The number of anilines is 2. The van der Waals surface area contributed by atoms with E-state index in [1.807, 2.05) is 16.8 Å². The van der Waals surface area contributed by atoms with Crippen molar-refractivity contribution in [1.82, 2.24) is 9.78 Å². The lowest BCUT2D eigenvalue weighted by Crippen LogP contribution is -2.22. The fraction of sp³-hybridized carbons (Fsp3) is 0.250. The van der Waals surface area contributed by atoms with Crippen LogP contribution in [0.4, 0.5) is 11.4 Å². The number of nitrogens with zero attached hydrogens (tertiary/aromatic N) is 3. The minimum Gasteiger partial charge on any atom is -0.360 e. The molecular weight excluding hydrogens is 422 g/mol. The molecule has 0 amide bonds. The molecule has 0 aliphatic heterocycles. The first kappa shape index (κ1) is 23.0. The van der Waals surface area contributed by atoms with E-state index in [-0.39, 0.29) is 0 Å². The number of para-hydroxylation sites is 1. The first-order valence-electron chi connectivity index (χ1n) is 11.5. The van der Waals surface area contributed by atoms with Crippen LogP contribution in [0, 0.1) is 0 Å². The van der Waals surface area contributed by atoms with Crippen LogP contribution in [0.5, 0.6) is 0 Å². The van der Waals surface area contributed by atoms with Crippen molar-refractivity contribution in [2.45, 2.75) is 32.4 Å². The third-order valence-corrected chi connectivity index (χ3v) is 7.44. The van der Waals surface area contributed by atoms with Crippen LogP contribution in [-0.2, 0) is 11.5 Å². The SMILES string of the molecule is CN(c1ccccc1)c1ccc2c(/C=C/c3ccccc3)nn(COCC[Si](C)(C)C)c2c1. The Morgan fingerprint density at radius 3 is 2.27 bits per heavy atom. The van der Waals surface area contributed by atoms with Crippen LogP contribution in [0.1, 0.15) is 11.3 Å². The van der Waals surface area contributed by atoms with Crippen LogP contribution in [0.25, 0.3) is 23.1 Å². The maximum Gasteiger partial charge on any atom is 0.140 e. The van der Waals surface area contributed by atoms with Crippen LogP contribution >= 0.6 is 0 Å². The summed E-state index contributed by atoms with van der Waals surface area (Å²) in [4.78, 5) is 2.20. The number of hydrogen-bond donors (Lipinski definition) is 0. The summed E-state index contributed by atoms with van der Waals surface area (Å²) in [6.45, 7) is 8.35. The highest BCUT2D eigenvalue weighted by atomic mass is 28.3. The quantitative estimate of drug-likeness (QED) is 0.196. The molecule has 0 unspecified atom stereocenters. The normalized spacial score (nSPS) is 12.0. The van der Waals surface area contributed by atoms with Crippen LogP contribution in [0.15, 0.2) is 78.9 Å². The van der Waals surface area contributed by atoms with Gasteiger partial charge in [0.1, 0.15) is 6.73 Å². The van der Waals surface area contributed by atoms with Gasteiger partial charge < -0.3 is 9.64 Å². The molecule has 4 nitrogen and oxygen atoms in total. The number of benzene rings is 3. The molecule has 4 rings (SSSR count). The van der Waals surface area contributed by atoms with Gasteiger partial charge in [-0.3, -0.25) is 0 Å². The number of rotatable bonds is 9. The Bertz CT molecular complexity index is 1210. The Kier molecular flexibility index (Phi) is 7.11. The van der Waals surface area contributed by atoms with Gasteiger partial charge >= 0.3 is 0 Å². The third-order valence-electron chi connectivity index (χ3n) is 5.74. The van der Waals surface area contributed by atoms with Crippen molar-refractivity contribution in [3.05, 3.63) is 90.1 Å². The van der Waals surface area contributed by atoms with E-state index in [1.54, 1.807) is 0 Å². The number of ether oxygens (including phenoxy) is 1. The molecule has 0 saturated heterocycles. The summed E-state index contributed by atoms with van der Waals surface area (Å²) in [5, 5.41) is 6.04. The summed E-state index contributed by atoms with van der Waals surface area (Å²) in [7, 11) is 0.967. The summed E-state index contributed by atoms with van der Waals surface area (Å²) in [5.41, 5.74) is 5.47. The summed E-state index contributed by atoms with van der Waals surface area (Å²) < 4.78 is 8.06. The van der Waals surface area contributed by atoms with Gasteiger partial charge in [0.05, 0.1) is 11.2 Å². The largest absolute Gasteiger partial charge is 0.360 e. The highest BCUT2D eigenvalue weighted by molar-refractivity contribution is 6.76. The zero-order chi connectivity index (χ0) is 23.3. The molecule has 1 aromatic heterocycles. The predicted octanol–water partition coefficient (Wildman–Crippen LogP) is 7.29. The summed E-state index contributed by atoms with van der Waals surface area (Å²) >= 11 is 0. The van der Waals surface area contributed by atoms with Crippen molar-refractivity contribution in [3.63, 3.8) is 0 Å². The lowest BCUT2D eigenvalue weighted by molar-refractivity contribution is 0.0816. The molecule has 0 saturated carbocycles. The van der Waals surface area contributed by atoms with Gasteiger partial charge in [0, 0.05) is 38.5 Å². The number of fused-ring (bicyclic) bond motifs is 1. The molecule has 0 N–H and O–H groups in total. The van der Waals surface area contributed by atoms with E-state index in [0.29, 0.717) is 6.73 Å². The fourth-order valence-electron chi connectivity index (χ4n) is 3.69. The highest BCUT2D eigenvalue weighted by Gasteiger charge is 2.14.